The van der Waals surface area contributed by atoms with Crippen molar-refractivity contribution in [1.29, 1.82) is 0 Å². The highest BCUT2D eigenvalue weighted by molar-refractivity contribution is 5.92. The van der Waals surface area contributed by atoms with Crippen molar-refractivity contribution in [2.24, 2.45) is 0 Å². The van der Waals surface area contributed by atoms with Gasteiger partial charge in [-0.1, -0.05) is 44.2 Å². The first-order chi connectivity index (χ1) is 15.8. The van der Waals surface area contributed by atoms with Gasteiger partial charge >= 0.3 is 0 Å². The number of aryl methyl sites for hydroxylation is 2. The van der Waals surface area contributed by atoms with Gasteiger partial charge in [0.1, 0.15) is 11.4 Å². The van der Waals surface area contributed by atoms with E-state index in [-0.39, 0.29) is 11.9 Å². The summed E-state index contributed by atoms with van der Waals surface area (Å²) in [5.41, 5.74) is 3.03. The number of amides is 1. The molecule has 1 aliphatic rings. The van der Waals surface area contributed by atoms with E-state index in [0.717, 1.165) is 59.6 Å². The third-order valence-corrected chi connectivity index (χ3v) is 6.94. The van der Waals surface area contributed by atoms with Crippen molar-refractivity contribution < 1.29 is 9.90 Å². The Morgan fingerprint density at radius 3 is 2.45 bits per heavy atom. The number of aromatic nitrogens is 2. The second kappa shape index (κ2) is 9.48. The van der Waals surface area contributed by atoms with Crippen molar-refractivity contribution in [3.63, 3.8) is 0 Å². The van der Waals surface area contributed by atoms with Gasteiger partial charge < -0.3 is 15.3 Å². The van der Waals surface area contributed by atoms with Gasteiger partial charge in [0.05, 0.1) is 5.52 Å². The summed E-state index contributed by atoms with van der Waals surface area (Å²) in [6, 6.07) is 14.6. The summed E-state index contributed by atoms with van der Waals surface area (Å²) in [7, 11) is 0. The van der Waals surface area contributed by atoms with Crippen LogP contribution < -0.4 is 10.2 Å². The molecule has 1 saturated heterocycles. The fraction of sp³-hybridized carbons (Fsp3) is 0.444. The number of fused-ring (bicyclic) bond motifs is 1. The second-order valence-corrected chi connectivity index (χ2v) is 9.18. The van der Waals surface area contributed by atoms with Crippen LogP contribution in [0.3, 0.4) is 0 Å². The maximum absolute atomic E-state index is 12.6. The zero-order valence-corrected chi connectivity index (χ0v) is 20.1. The van der Waals surface area contributed by atoms with Gasteiger partial charge in [-0.2, -0.15) is 0 Å². The number of rotatable bonds is 6. The van der Waals surface area contributed by atoms with E-state index < -0.39 is 5.60 Å². The molecule has 1 fully saturated rings. The second-order valence-electron chi connectivity index (χ2n) is 9.18. The van der Waals surface area contributed by atoms with Gasteiger partial charge in [0.2, 0.25) is 0 Å². The molecule has 6 heteroatoms. The molecule has 2 N–H and O–H groups in total. The molecule has 0 unspecified atom stereocenters. The molecule has 0 saturated carbocycles. The third kappa shape index (κ3) is 4.71. The maximum Gasteiger partial charge on any atom is 0.252 e. The smallest absolute Gasteiger partial charge is 0.252 e. The summed E-state index contributed by atoms with van der Waals surface area (Å²) in [4.78, 5) is 24.8. The normalized spacial score (nSPS) is 15.1. The monoisotopic (exact) mass is 446 g/mol. The Hall–Kier alpha value is -2.99. The lowest BCUT2D eigenvalue weighted by Crippen LogP contribution is -2.52. The SMILES string of the molecule is CCC(O)(CC)C(=O)NC1CCN(c2nc(-c3ccccc3C)nc3cc(C)ccc23)CC1. The highest BCUT2D eigenvalue weighted by Gasteiger charge is 2.34. The number of aliphatic hydroxyl groups is 1. The number of hydrogen-bond acceptors (Lipinski definition) is 5. The highest BCUT2D eigenvalue weighted by Crippen LogP contribution is 2.31. The highest BCUT2D eigenvalue weighted by atomic mass is 16.3. The number of carbonyl (C=O) groups is 1. The van der Waals surface area contributed by atoms with Gasteiger partial charge in [0.25, 0.3) is 5.91 Å². The van der Waals surface area contributed by atoms with Crippen LogP contribution in [-0.4, -0.2) is 45.7 Å². The van der Waals surface area contributed by atoms with Crippen LogP contribution in [0.5, 0.6) is 0 Å². The van der Waals surface area contributed by atoms with Crippen LogP contribution in [-0.2, 0) is 4.79 Å². The molecule has 4 rings (SSSR count). The summed E-state index contributed by atoms with van der Waals surface area (Å²) < 4.78 is 0. The summed E-state index contributed by atoms with van der Waals surface area (Å²) in [5, 5.41) is 14.6. The molecule has 0 atom stereocenters. The molecule has 0 aliphatic carbocycles. The molecule has 0 spiro atoms. The van der Waals surface area contributed by atoms with Crippen LogP contribution >= 0.6 is 0 Å². The van der Waals surface area contributed by atoms with E-state index in [1.807, 2.05) is 26.0 Å². The number of benzene rings is 2. The maximum atomic E-state index is 12.6. The zero-order chi connectivity index (χ0) is 23.6. The van der Waals surface area contributed by atoms with Gasteiger partial charge in [-0.25, -0.2) is 9.97 Å². The predicted octanol–water partition coefficient (Wildman–Crippen LogP) is 4.55. The number of carbonyl (C=O) groups excluding carboxylic acids is 1. The average Bonchev–Trinajstić information content (AvgIpc) is 2.83. The van der Waals surface area contributed by atoms with E-state index in [1.54, 1.807) is 0 Å². The molecular weight excluding hydrogens is 412 g/mol. The van der Waals surface area contributed by atoms with Gasteiger partial charge in [-0.05, 0) is 62.8 Å². The Kier molecular flexibility index (Phi) is 6.66. The fourth-order valence-corrected chi connectivity index (χ4v) is 4.53. The van der Waals surface area contributed by atoms with Crippen LogP contribution in [0.2, 0.25) is 0 Å². The Morgan fingerprint density at radius 2 is 1.79 bits per heavy atom. The van der Waals surface area contributed by atoms with E-state index >= 15 is 0 Å². The minimum Gasteiger partial charge on any atom is -0.380 e. The van der Waals surface area contributed by atoms with Crippen LogP contribution in [0, 0.1) is 13.8 Å². The van der Waals surface area contributed by atoms with Crippen molar-refractivity contribution in [2.75, 3.05) is 18.0 Å². The van der Waals surface area contributed by atoms with Crippen LogP contribution in [0.15, 0.2) is 42.5 Å². The lowest BCUT2D eigenvalue weighted by atomic mass is 9.95. The summed E-state index contributed by atoms with van der Waals surface area (Å²) in [6.45, 7) is 9.43. The summed E-state index contributed by atoms with van der Waals surface area (Å²) in [6.07, 6.45) is 2.46. The lowest BCUT2D eigenvalue weighted by molar-refractivity contribution is -0.141. The van der Waals surface area contributed by atoms with Crippen molar-refractivity contribution in [3.05, 3.63) is 53.6 Å². The van der Waals surface area contributed by atoms with Crippen molar-refractivity contribution in [2.45, 2.75) is 65.0 Å². The van der Waals surface area contributed by atoms with E-state index in [0.29, 0.717) is 12.8 Å². The Morgan fingerprint density at radius 1 is 1.09 bits per heavy atom. The van der Waals surface area contributed by atoms with Crippen LogP contribution in [0.4, 0.5) is 5.82 Å². The molecule has 174 valence electrons. The lowest BCUT2D eigenvalue weighted by Gasteiger charge is -2.35. The molecule has 3 aromatic rings. The minimum atomic E-state index is -1.28. The molecular formula is C27H34N4O2. The topological polar surface area (TPSA) is 78.4 Å². The molecule has 33 heavy (non-hydrogen) atoms. The van der Waals surface area contributed by atoms with Gasteiger partial charge in [0, 0.05) is 30.1 Å². The van der Waals surface area contributed by atoms with Gasteiger partial charge in [-0.15, -0.1) is 0 Å². The molecule has 1 amide bonds. The first-order valence-electron chi connectivity index (χ1n) is 12.0. The summed E-state index contributed by atoms with van der Waals surface area (Å²) in [5.74, 6) is 1.44. The van der Waals surface area contributed by atoms with Crippen molar-refractivity contribution >= 4 is 22.6 Å². The average molecular weight is 447 g/mol. The quantitative estimate of drug-likeness (QED) is 0.581. The molecule has 0 radical (unpaired) electrons. The third-order valence-electron chi connectivity index (χ3n) is 6.94. The predicted molar refractivity (Wildman–Crippen MR) is 133 cm³/mol. The minimum absolute atomic E-state index is 0.0598. The molecule has 2 aromatic carbocycles. The van der Waals surface area contributed by atoms with E-state index in [4.69, 9.17) is 9.97 Å². The standard InChI is InChI=1S/C27H34N4O2/c1-5-27(33,6-2)26(32)28-20-13-15-31(16-14-20)25-22-12-11-18(3)17-23(22)29-24(30-25)21-10-8-7-9-19(21)4/h7-12,17,20,33H,5-6,13-16H2,1-4H3,(H,28,32). The van der Waals surface area contributed by atoms with E-state index in [2.05, 4.69) is 54.4 Å². The fourth-order valence-electron chi connectivity index (χ4n) is 4.53. The van der Waals surface area contributed by atoms with Gasteiger partial charge in [-0.3, -0.25) is 4.79 Å². The number of hydrogen-bond donors (Lipinski definition) is 2. The van der Waals surface area contributed by atoms with E-state index in [9.17, 15) is 9.90 Å². The number of nitrogens with one attached hydrogen (secondary N) is 1. The first kappa shape index (κ1) is 23.2. The number of anilines is 1. The number of nitrogens with zero attached hydrogens (tertiary/aromatic N) is 3. The van der Waals surface area contributed by atoms with Crippen LogP contribution in [0.25, 0.3) is 22.3 Å². The van der Waals surface area contributed by atoms with Crippen LogP contribution in [0.1, 0.15) is 50.7 Å². The molecule has 0 bridgehead atoms. The molecule has 2 heterocycles. The Bertz CT molecular complexity index is 1150. The molecule has 1 aliphatic heterocycles. The van der Waals surface area contributed by atoms with Crippen molar-refractivity contribution in [1.82, 2.24) is 15.3 Å². The Balaban J connectivity index is 1.60. The molecule has 6 nitrogen and oxygen atoms in total. The van der Waals surface area contributed by atoms with E-state index in [1.165, 1.54) is 5.56 Å². The largest absolute Gasteiger partial charge is 0.380 e. The molecule has 1 aromatic heterocycles. The zero-order valence-electron chi connectivity index (χ0n) is 20.1. The van der Waals surface area contributed by atoms with Gasteiger partial charge in [0.15, 0.2) is 5.82 Å². The van der Waals surface area contributed by atoms with Crippen molar-refractivity contribution in [3.8, 4) is 11.4 Å². The summed E-state index contributed by atoms with van der Waals surface area (Å²) >= 11 is 0. The number of piperidine rings is 1. The first-order valence-corrected chi connectivity index (χ1v) is 12.0. The Labute approximate surface area is 196 Å².